The lowest BCUT2D eigenvalue weighted by Gasteiger charge is -2.23. The highest BCUT2D eigenvalue weighted by Crippen LogP contribution is 2.13. The van der Waals surface area contributed by atoms with E-state index in [1.807, 2.05) is 23.5 Å². The average Bonchev–Trinajstić information content (AvgIpc) is 2.63. The van der Waals surface area contributed by atoms with Crippen LogP contribution in [0, 0.1) is 6.92 Å². The Morgan fingerprint density at radius 1 is 1.08 bits per heavy atom. The molecule has 0 amide bonds. The van der Waals surface area contributed by atoms with E-state index < -0.39 is 14.0 Å². The molecule has 0 fully saturated rings. The number of unbranched alkanes of at least 4 members (excludes halogenated alkanes) is 4. The molecule has 24 heavy (non-hydrogen) atoms. The third kappa shape index (κ3) is 5.76. The first-order valence-corrected chi connectivity index (χ1v) is 11.0. The summed E-state index contributed by atoms with van der Waals surface area (Å²) in [4.78, 5) is 21.8. The van der Waals surface area contributed by atoms with Crippen molar-refractivity contribution in [3.8, 4) is 0 Å². The third-order valence-corrected chi connectivity index (χ3v) is 8.37. The number of carbonyl (C=O) groups excluding carboxylic acids is 1. The predicted octanol–water partition coefficient (Wildman–Crippen LogP) is 4.69. The molecule has 1 aromatic carbocycles. The van der Waals surface area contributed by atoms with Crippen LogP contribution in [0.4, 0.5) is 0 Å². The van der Waals surface area contributed by atoms with Crippen molar-refractivity contribution >= 4 is 19.2 Å². The van der Waals surface area contributed by atoms with Crippen LogP contribution in [0.25, 0.3) is 0 Å². The molecule has 0 saturated carbocycles. The predicted molar refractivity (Wildman–Crippen MR) is 103 cm³/mol. The van der Waals surface area contributed by atoms with Gasteiger partial charge < -0.3 is 0 Å². The largest absolute Gasteiger partial charge is 0.373 e. The van der Waals surface area contributed by atoms with E-state index in [0.29, 0.717) is 12.2 Å². The van der Waals surface area contributed by atoms with Gasteiger partial charge in [0.1, 0.15) is 8.07 Å². The molecule has 4 heteroatoms. The van der Waals surface area contributed by atoms with Gasteiger partial charge >= 0.3 is 5.97 Å². The maximum atomic E-state index is 12.0. The Bertz CT molecular complexity index is 514. The molecule has 0 aliphatic carbocycles. The molecule has 0 aromatic heterocycles. The Labute approximate surface area is 147 Å². The number of hydrogen-bond donors (Lipinski definition) is 0. The highest BCUT2D eigenvalue weighted by molar-refractivity contribution is 6.99. The van der Waals surface area contributed by atoms with Gasteiger partial charge in [-0.25, -0.2) is 4.79 Å². The highest BCUT2D eigenvalue weighted by atomic mass is 28.3. The van der Waals surface area contributed by atoms with Crippen molar-refractivity contribution in [3.63, 3.8) is 0 Å². The van der Waals surface area contributed by atoms with Crippen molar-refractivity contribution in [2.24, 2.45) is 0 Å². The van der Waals surface area contributed by atoms with Crippen molar-refractivity contribution in [1.29, 1.82) is 0 Å². The molecule has 0 spiro atoms. The normalized spacial score (nSPS) is 11.1. The first-order valence-electron chi connectivity index (χ1n) is 8.64. The molecule has 0 unspecified atom stereocenters. The molecular formula is C20H29O3Si. The van der Waals surface area contributed by atoms with E-state index >= 15 is 0 Å². The summed E-state index contributed by atoms with van der Waals surface area (Å²) in [5.41, 5.74) is 4.53. The minimum atomic E-state index is -1.86. The Hall–Kier alpha value is -1.65. The molecule has 131 valence electrons. The maximum absolute atomic E-state index is 12.0. The van der Waals surface area contributed by atoms with E-state index in [0.717, 1.165) is 38.1 Å². The molecule has 0 heterocycles. The van der Waals surface area contributed by atoms with E-state index in [2.05, 4.69) is 27.0 Å². The summed E-state index contributed by atoms with van der Waals surface area (Å²) in [5.74, 6) is -0.458. The van der Waals surface area contributed by atoms with Crippen LogP contribution in [-0.2, 0) is 9.78 Å². The summed E-state index contributed by atoms with van der Waals surface area (Å²) in [5, 5.41) is 1.19. The fraction of sp³-hybridized carbons (Fsp3) is 0.400. The molecule has 1 rings (SSSR count). The fourth-order valence-corrected chi connectivity index (χ4v) is 4.97. The van der Waals surface area contributed by atoms with E-state index in [4.69, 9.17) is 9.78 Å². The van der Waals surface area contributed by atoms with Gasteiger partial charge in [0, 0.05) is 0 Å². The van der Waals surface area contributed by atoms with Crippen molar-refractivity contribution in [2.75, 3.05) is 6.61 Å². The highest BCUT2D eigenvalue weighted by Gasteiger charge is 2.26. The smallest absolute Gasteiger partial charge is 0.293 e. The van der Waals surface area contributed by atoms with Gasteiger partial charge in [-0.15, -0.1) is 13.2 Å². The van der Waals surface area contributed by atoms with Crippen LogP contribution >= 0.6 is 0 Å². The number of hydrogen-bond acceptors (Lipinski definition) is 3. The second-order valence-electron chi connectivity index (χ2n) is 5.84. The topological polar surface area (TPSA) is 35.5 Å². The van der Waals surface area contributed by atoms with Gasteiger partial charge in [0.15, 0.2) is 0 Å². The SMILES string of the molecule is [CH2]CCCCCCOOC(=O)c1ccc([Si](C=C)(C=C)CC)cc1. The summed E-state index contributed by atoms with van der Waals surface area (Å²) in [6.07, 6.45) is 5.18. The van der Waals surface area contributed by atoms with Gasteiger partial charge in [0.2, 0.25) is 0 Å². The molecule has 1 radical (unpaired) electrons. The van der Waals surface area contributed by atoms with Crippen LogP contribution in [0.5, 0.6) is 0 Å². The Morgan fingerprint density at radius 2 is 1.71 bits per heavy atom. The summed E-state index contributed by atoms with van der Waals surface area (Å²) >= 11 is 0. The van der Waals surface area contributed by atoms with Gasteiger partial charge in [-0.1, -0.05) is 68.2 Å². The average molecular weight is 346 g/mol. The van der Waals surface area contributed by atoms with Gasteiger partial charge in [-0.05, 0) is 24.6 Å². The van der Waals surface area contributed by atoms with Crippen LogP contribution < -0.4 is 5.19 Å². The first-order chi connectivity index (χ1) is 11.6. The molecule has 1 aromatic rings. The first kappa shape index (κ1) is 20.4. The second kappa shape index (κ2) is 11.0. The lowest BCUT2D eigenvalue weighted by molar-refractivity contribution is -0.241. The molecule has 0 saturated heterocycles. The van der Waals surface area contributed by atoms with Gasteiger partial charge in [0.25, 0.3) is 0 Å². The Kier molecular flexibility index (Phi) is 9.34. The zero-order valence-electron chi connectivity index (χ0n) is 14.8. The van der Waals surface area contributed by atoms with Crippen LogP contribution in [-0.4, -0.2) is 20.7 Å². The molecule has 0 atom stereocenters. The van der Waals surface area contributed by atoms with Crippen molar-refractivity contribution in [3.05, 3.63) is 61.3 Å². The second-order valence-corrected chi connectivity index (χ2v) is 10.0. The van der Waals surface area contributed by atoms with Crippen molar-refractivity contribution in [2.45, 2.75) is 45.1 Å². The summed E-state index contributed by atoms with van der Waals surface area (Å²) < 4.78 is 0. The molecule has 0 bridgehead atoms. The van der Waals surface area contributed by atoms with Crippen LogP contribution in [0.15, 0.2) is 48.8 Å². The van der Waals surface area contributed by atoms with Crippen LogP contribution in [0.1, 0.15) is 49.4 Å². The zero-order chi connectivity index (χ0) is 17.8. The number of rotatable bonds is 12. The van der Waals surface area contributed by atoms with Crippen molar-refractivity contribution in [1.82, 2.24) is 0 Å². The monoisotopic (exact) mass is 345 g/mol. The zero-order valence-corrected chi connectivity index (χ0v) is 15.8. The van der Waals surface area contributed by atoms with E-state index in [9.17, 15) is 4.79 Å². The van der Waals surface area contributed by atoms with E-state index in [1.54, 1.807) is 12.1 Å². The van der Waals surface area contributed by atoms with Crippen LogP contribution in [0.3, 0.4) is 0 Å². The fourth-order valence-electron chi connectivity index (χ4n) is 2.56. The molecule has 3 nitrogen and oxygen atoms in total. The minimum Gasteiger partial charge on any atom is -0.293 e. The Morgan fingerprint density at radius 3 is 2.25 bits per heavy atom. The Balaban J connectivity index is 2.49. The number of carbonyl (C=O) groups is 1. The lowest BCUT2D eigenvalue weighted by atomic mass is 10.2. The third-order valence-electron chi connectivity index (χ3n) is 4.33. The molecular weight excluding hydrogens is 316 g/mol. The number of benzene rings is 1. The van der Waals surface area contributed by atoms with Crippen molar-refractivity contribution < 1.29 is 14.6 Å². The van der Waals surface area contributed by atoms with Gasteiger partial charge in [-0.3, -0.25) is 4.89 Å². The van der Waals surface area contributed by atoms with Gasteiger partial charge in [0.05, 0.1) is 12.2 Å². The van der Waals surface area contributed by atoms with E-state index in [1.165, 1.54) is 5.19 Å². The summed E-state index contributed by atoms with van der Waals surface area (Å²) in [7, 11) is -1.86. The van der Waals surface area contributed by atoms with Gasteiger partial charge in [-0.2, -0.15) is 4.89 Å². The molecule has 0 aliphatic rings. The lowest BCUT2D eigenvalue weighted by Crippen LogP contribution is -2.43. The molecule has 0 N–H and O–H groups in total. The minimum absolute atomic E-state index is 0.430. The van der Waals surface area contributed by atoms with Crippen LogP contribution in [0.2, 0.25) is 6.04 Å². The quantitative estimate of drug-likeness (QED) is 0.239. The summed E-state index contributed by atoms with van der Waals surface area (Å²) in [6, 6.07) is 8.49. The molecule has 0 aliphatic heterocycles. The van der Waals surface area contributed by atoms with E-state index in [-0.39, 0.29) is 0 Å². The standard InChI is InChI=1S/C20H29O3Si/c1-5-9-10-11-12-17-22-23-20(21)18-13-15-19(16-14-18)24(6-2,7-3)8-4/h6-7,13-16H,1-3,5,8-12,17H2,4H3. The maximum Gasteiger partial charge on any atom is 0.373 e. The summed E-state index contributed by atoms with van der Waals surface area (Å²) in [6.45, 7) is 14.3.